The van der Waals surface area contributed by atoms with Gasteiger partial charge in [-0.3, -0.25) is 0 Å². The first kappa shape index (κ1) is 25.8. The Morgan fingerprint density at radius 1 is 1.24 bits per heavy atom. The minimum Gasteiger partial charge on any atom is -0.550 e. The van der Waals surface area contributed by atoms with E-state index in [-0.39, 0.29) is 53.9 Å². The van der Waals surface area contributed by atoms with Crippen LogP contribution in [0.4, 0.5) is 0 Å². The van der Waals surface area contributed by atoms with Crippen molar-refractivity contribution in [2.75, 3.05) is 0 Å². The number of carbonyl (C=O) groups excluding carboxylic acids is 1. The Labute approximate surface area is 216 Å². The molecular weight excluding hydrogens is 431 g/mol. The third-order valence-corrected chi connectivity index (χ3v) is 6.44. The Kier molecular flexibility index (Phi) is 8.30. The first-order valence-electron chi connectivity index (χ1n) is 11.0. The van der Waals surface area contributed by atoms with E-state index in [0.29, 0.717) is 18.6 Å². The molecular formula is C26H29NaO6. The quantitative estimate of drug-likeness (QED) is 0.402. The Morgan fingerprint density at radius 3 is 2.67 bits per heavy atom. The molecule has 1 heterocycles. The number of hydrogen-bond donors (Lipinski definition) is 2. The molecule has 2 aromatic carbocycles. The topological polar surface area (TPSA) is 99.1 Å². The molecule has 7 heteroatoms. The number of hydrogen-bond acceptors (Lipinski definition) is 6. The Hall–Kier alpha value is -1.83. The number of carboxylic acids is 1. The van der Waals surface area contributed by atoms with Gasteiger partial charge in [-0.1, -0.05) is 48.6 Å². The second kappa shape index (κ2) is 10.6. The standard InChI is InChI=1S/C26H30O6.Na/c1-26(2,32-17-8-4-3-5-9-17)22(28)13-12-18-20(27)15-21-24(18)19-10-6-7-16(25(19)31-21)11-14-23(29)30;/h3-10,12-13,18,20-22,24,27-28H,11,14-15H2,1-2H3,(H,29,30);/q;+1/p-1/b13-12+;/t18-,20+,21-,22+,24-;/m0./s1. The zero-order valence-corrected chi connectivity index (χ0v) is 21.3. The van der Waals surface area contributed by atoms with Crippen LogP contribution in [0.3, 0.4) is 0 Å². The van der Waals surface area contributed by atoms with Gasteiger partial charge < -0.3 is 29.6 Å². The van der Waals surface area contributed by atoms with Gasteiger partial charge in [0.1, 0.15) is 29.3 Å². The van der Waals surface area contributed by atoms with E-state index in [2.05, 4.69) is 0 Å². The van der Waals surface area contributed by atoms with Crippen LogP contribution in [0.2, 0.25) is 0 Å². The molecule has 170 valence electrons. The first-order chi connectivity index (χ1) is 15.3. The van der Waals surface area contributed by atoms with Crippen LogP contribution in [-0.4, -0.2) is 40.1 Å². The molecule has 1 fully saturated rings. The maximum atomic E-state index is 10.9. The van der Waals surface area contributed by atoms with Gasteiger partial charge in [0.25, 0.3) is 0 Å². The van der Waals surface area contributed by atoms with E-state index in [1.54, 1.807) is 6.08 Å². The number of fused-ring (bicyclic) bond motifs is 3. The normalized spacial score (nSPS) is 24.5. The summed E-state index contributed by atoms with van der Waals surface area (Å²) in [6, 6.07) is 15.1. The third kappa shape index (κ3) is 5.64. The number of benzene rings is 2. The SMILES string of the molecule is CC(C)(Oc1ccccc1)[C@H](O)/C=C/[C@@H]1[C@H]2c3cccc(CCC(=O)[O-])c3O[C@H]2C[C@H]1O.[Na+]. The van der Waals surface area contributed by atoms with E-state index in [9.17, 15) is 20.1 Å². The summed E-state index contributed by atoms with van der Waals surface area (Å²) in [6.45, 7) is 3.64. The third-order valence-electron chi connectivity index (χ3n) is 6.44. The first-order valence-corrected chi connectivity index (χ1v) is 11.0. The van der Waals surface area contributed by atoms with Gasteiger partial charge in [0.2, 0.25) is 0 Å². The van der Waals surface area contributed by atoms with Crippen molar-refractivity contribution < 1.29 is 59.1 Å². The number of aliphatic hydroxyl groups excluding tert-OH is 2. The molecule has 0 aromatic heterocycles. The summed E-state index contributed by atoms with van der Waals surface area (Å²) in [6.07, 6.45) is 2.66. The van der Waals surface area contributed by atoms with Gasteiger partial charge in [-0.05, 0) is 44.4 Å². The molecule has 1 aliphatic carbocycles. The smallest absolute Gasteiger partial charge is 0.550 e. The average Bonchev–Trinajstić information content (AvgIpc) is 3.25. The molecule has 33 heavy (non-hydrogen) atoms. The molecule has 6 nitrogen and oxygen atoms in total. The predicted molar refractivity (Wildman–Crippen MR) is 117 cm³/mol. The summed E-state index contributed by atoms with van der Waals surface area (Å²) in [4.78, 5) is 10.9. The average molecular weight is 461 g/mol. The summed E-state index contributed by atoms with van der Waals surface area (Å²) >= 11 is 0. The van der Waals surface area contributed by atoms with Gasteiger partial charge in [0, 0.05) is 29.8 Å². The van der Waals surface area contributed by atoms with Crippen molar-refractivity contribution in [3.63, 3.8) is 0 Å². The van der Waals surface area contributed by atoms with E-state index in [1.165, 1.54) is 0 Å². The Balaban J connectivity index is 0.00000306. The van der Waals surface area contributed by atoms with E-state index < -0.39 is 23.8 Å². The second-order valence-corrected chi connectivity index (χ2v) is 9.12. The van der Waals surface area contributed by atoms with Crippen LogP contribution >= 0.6 is 0 Å². The van der Waals surface area contributed by atoms with Gasteiger partial charge in [0.15, 0.2) is 0 Å². The number of para-hydroxylation sites is 2. The molecule has 2 aliphatic rings. The maximum Gasteiger partial charge on any atom is 1.00 e. The van der Waals surface area contributed by atoms with Gasteiger partial charge in [-0.25, -0.2) is 0 Å². The van der Waals surface area contributed by atoms with Crippen LogP contribution in [0.1, 0.15) is 43.7 Å². The largest absolute Gasteiger partial charge is 1.00 e. The van der Waals surface area contributed by atoms with E-state index in [0.717, 1.165) is 16.9 Å². The number of ether oxygens (including phenoxy) is 2. The van der Waals surface area contributed by atoms with Crippen molar-refractivity contribution in [1.82, 2.24) is 0 Å². The summed E-state index contributed by atoms with van der Waals surface area (Å²) in [7, 11) is 0. The van der Waals surface area contributed by atoms with Gasteiger partial charge >= 0.3 is 29.6 Å². The molecule has 2 N–H and O–H groups in total. The molecule has 0 spiro atoms. The van der Waals surface area contributed by atoms with Crippen molar-refractivity contribution in [2.24, 2.45) is 5.92 Å². The molecule has 0 bridgehead atoms. The predicted octanol–water partition coefficient (Wildman–Crippen LogP) is -0.627. The van der Waals surface area contributed by atoms with Crippen molar-refractivity contribution in [3.05, 3.63) is 71.8 Å². The van der Waals surface area contributed by atoms with Gasteiger partial charge in [-0.15, -0.1) is 0 Å². The van der Waals surface area contributed by atoms with E-state index in [4.69, 9.17) is 9.47 Å². The fourth-order valence-electron chi connectivity index (χ4n) is 4.72. The van der Waals surface area contributed by atoms with Crippen molar-refractivity contribution in [1.29, 1.82) is 0 Å². The van der Waals surface area contributed by atoms with Crippen molar-refractivity contribution >= 4 is 5.97 Å². The molecule has 0 unspecified atom stereocenters. The fourth-order valence-corrected chi connectivity index (χ4v) is 4.72. The summed E-state index contributed by atoms with van der Waals surface area (Å²) in [5.41, 5.74) is 0.963. The van der Waals surface area contributed by atoms with Crippen molar-refractivity contribution in [2.45, 2.75) is 62.9 Å². The summed E-state index contributed by atoms with van der Waals surface area (Å²) in [5.74, 6) is 0.0335. The van der Waals surface area contributed by atoms with Crippen LogP contribution in [0, 0.1) is 5.92 Å². The monoisotopic (exact) mass is 460 g/mol. The van der Waals surface area contributed by atoms with Crippen LogP contribution < -0.4 is 44.1 Å². The summed E-state index contributed by atoms with van der Waals surface area (Å²) in [5, 5.41) is 32.4. The Morgan fingerprint density at radius 2 is 1.97 bits per heavy atom. The minimum atomic E-state index is -1.09. The maximum absolute atomic E-state index is 10.9. The zero-order chi connectivity index (χ0) is 22.9. The number of aliphatic carboxylic acids is 1. The van der Waals surface area contributed by atoms with Crippen LogP contribution in [0.5, 0.6) is 11.5 Å². The number of carbonyl (C=O) groups is 1. The number of aryl methyl sites for hydroxylation is 1. The zero-order valence-electron chi connectivity index (χ0n) is 19.3. The Bertz CT molecular complexity index is 990. The molecule has 0 amide bonds. The van der Waals surface area contributed by atoms with Crippen LogP contribution in [0.15, 0.2) is 60.7 Å². The van der Waals surface area contributed by atoms with Gasteiger partial charge in [0.05, 0.1) is 6.10 Å². The molecule has 1 saturated carbocycles. The molecule has 0 radical (unpaired) electrons. The molecule has 2 aromatic rings. The van der Waals surface area contributed by atoms with E-state index in [1.807, 2.05) is 68.5 Å². The minimum absolute atomic E-state index is 0. The fraction of sp³-hybridized carbons (Fsp3) is 0.423. The molecule has 5 atom stereocenters. The van der Waals surface area contributed by atoms with Crippen LogP contribution in [-0.2, 0) is 11.2 Å². The van der Waals surface area contributed by atoms with E-state index >= 15 is 0 Å². The number of aliphatic hydroxyl groups is 2. The molecule has 0 saturated heterocycles. The molecule has 4 rings (SSSR count). The van der Waals surface area contributed by atoms with Crippen molar-refractivity contribution in [3.8, 4) is 11.5 Å². The van der Waals surface area contributed by atoms with Crippen LogP contribution in [0.25, 0.3) is 0 Å². The molecule has 1 aliphatic heterocycles. The van der Waals surface area contributed by atoms with Gasteiger partial charge in [-0.2, -0.15) is 0 Å². The second-order valence-electron chi connectivity index (χ2n) is 9.12. The summed E-state index contributed by atoms with van der Waals surface area (Å²) < 4.78 is 12.1. The number of rotatable bonds is 8. The number of carboxylic acid groups (broad SMARTS) is 1.